The van der Waals surface area contributed by atoms with Gasteiger partial charge in [0.1, 0.15) is 0 Å². The van der Waals surface area contributed by atoms with Gasteiger partial charge in [-0.25, -0.2) is 0 Å². The molecule has 0 aromatic carbocycles. The molecule has 2 nitrogen and oxygen atoms in total. The Morgan fingerprint density at radius 1 is 1.06 bits per heavy atom. The van der Waals surface area contributed by atoms with Gasteiger partial charge in [0.2, 0.25) is 0 Å². The summed E-state index contributed by atoms with van der Waals surface area (Å²) in [7, 11) is 0. The molecule has 1 atom stereocenters. The first-order chi connectivity index (χ1) is 8.40. The lowest BCUT2D eigenvalue weighted by atomic mass is 9.92. The van der Waals surface area contributed by atoms with Crippen molar-refractivity contribution in [1.29, 1.82) is 0 Å². The monoisotopic (exact) mass is 272 g/mol. The fourth-order valence-corrected chi connectivity index (χ4v) is 3.28. The first-order valence-electron chi connectivity index (χ1n) is 7.47. The van der Waals surface area contributed by atoms with Gasteiger partial charge in [0.15, 0.2) is 0 Å². The van der Waals surface area contributed by atoms with Crippen LogP contribution in [0.15, 0.2) is 0 Å². The minimum absolute atomic E-state index is 0.476. The van der Waals surface area contributed by atoms with E-state index in [0.717, 1.165) is 5.25 Å². The van der Waals surface area contributed by atoms with E-state index >= 15 is 0 Å². The van der Waals surface area contributed by atoms with Crippen molar-refractivity contribution in [1.82, 2.24) is 9.80 Å². The second kappa shape index (κ2) is 7.76. The Balaban J connectivity index is 2.16. The zero-order chi connectivity index (χ0) is 13.6. The molecule has 0 aromatic heterocycles. The molecule has 0 saturated carbocycles. The van der Waals surface area contributed by atoms with E-state index < -0.39 is 0 Å². The smallest absolute Gasteiger partial charge is 0.0146 e. The highest BCUT2D eigenvalue weighted by atomic mass is 32.2. The summed E-state index contributed by atoms with van der Waals surface area (Å²) in [5, 5.41) is 0.788. The van der Waals surface area contributed by atoms with Crippen LogP contribution >= 0.6 is 11.8 Å². The van der Waals surface area contributed by atoms with Crippen molar-refractivity contribution in [3.63, 3.8) is 0 Å². The molecule has 3 heteroatoms. The Hall–Kier alpha value is 0.270. The third-order valence-corrected chi connectivity index (χ3v) is 4.66. The van der Waals surface area contributed by atoms with Crippen LogP contribution in [-0.4, -0.2) is 60.1 Å². The van der Waals surface area contributed by atoms with Crippen molar-refractivity contribution in [2.45, 2.75) is 46.3 Å². The molecule has 0 aromatic rings. The molecule has 1 saturated heterocycles. The Kier molecular flexibility index (Phi) is 7.04. The maximum atomic E-state index is 2.64. The lowest BCUT2D eigenvalue weighted by Gasteiger charge is -2.36. The molecule has 18 heavy (non-hydrogen) atoms. The lowest BCUT2D eigenvalue weighted by Crippen LogP contribution is -2.48. The average molecular weight is 273 g/mol. The summed E-state index contributed by atoms with van der Waals surface area (Å²) in [4.78, 5) is 5.28. The first-order valence-corrected chi connectivity index (χ1v) is 8.52. The molecule has 0 spiro atoms. The maximum Gasteiger partial charge on any atom is 0.0146 e. The molecule has 1 heterocycles. The van der Waals surface area contributed by atoms with Gasteiger partial charge in [-0.05, 0) is 24.1 Å². The second-order valence-corrected chi connectivity index (χ2v) is 8.43. The minimum atomic E-state index is 0.476. The Bertz CT molecular complexity index is 217. The summed E-state index contributed by atoms with van der Waals surface area (Å²) in [5.74, 6) is 1.24. The van der Waals surface area contributed by atoms with Gasteiger partial charge in [0.25, 0.3) is 0 Å². The van der Waals surface area contributed by atoms with E-state index in [1.54, 1.807) is 0 Å². The summed E-state index contributed by atoms with van der Waals surface area (Å²) in [6.45, 7) is 19.2. The highest BCUT2D eigenvalue weighted by molar-refractivity contribution is 7.99. The number of hydrogen-bond acceptors (Lipinski definition) is 3. The molecule has 1 aliphatic rings. The standard InChI is InChI=1S/C15H32N2S/c1-6-18-14(2)13-17-11-9-16(10-12-17)8-7-15(3,4)5/h14H,6-13H2,1-5H3. The van der Waals surface area contributed by atoms with Gasteiger partial charge >= 0.3 is 0 Å². The van der Waals surface area contributed by atoms with Crippen LogP contribution in [0.25, 0.3) is 0 Å². The van der Waals surface area contributed by atoms with Crippen LogP contribution < -0.4 is 0 Å². The summed E-state index contributed by atoms with van der Waals surface area (Å²) in [5.41, 5.74) is 0.476. The highest BCUT2D eigenvalue weighted by Crippen LogP contribution is 2.19. The van der Waals surface area contributed by atoms with Crippen molar-refractivity contribution < 1.29 is 0 Å². The van der Waals surface area contributed by atoms with Gasteiger partial charge in [-0.1, -0.05) is 34.6 Å². The van der Waals surface area contributed by atoms with Crippen molar-refractivity contribution in [3.8, 4) is 0 Å². The fourth-order valence-electron chi connectivity index (χ4n) is 2.39. The predicted octanol–water partition coefficient (Wildman–Crippen LogP) is 3.18. The third kappa shape index (κ3) is 7.01. The molecule has 0 bridgehead atoms. The van der Waals surface area contributed by atoms with Crippen molar-refractivity contribution in [2.24, 2.45) is 5.41 Å². The van der Waals surface area contributed by atoms with Gasteiger partial charge in [-0.15, -0.1) is 0 Å². The maximum absolute atomic E-state index is 2.64. The first kappa shape index (κ1) is 16.3. The molecular weight excluding hydrogens is 240 g/mol. The van der Waals surface area contributed by atoms with E-state index in [9.17, 15) is 0 Å². The molecule has 1 aliphatic heterocycles. The summed E-state index contributed by atoms with van der Waals surface area (Å²) in [6, 6.07) is 0. The van der Waals surface area contributed by atoms with E-state index in [2.05, 4.69) is 56.2 Å². The van der Waals surface area contributed by atoms with Gasteiger partial charge in [-0.3, -0.25) is 4.90 Å². The normalized spacial score (nSPS) is 21.2. The van der Waals surface area contributed by atoms with Gasteiger partial charge in [0, 0.05) is 38.0 Å². The summed E-state index contributed by atoms with van der Waals surface area (Å²) < 4.78 is 0. The van der Waals surface area contributed by atoms with Crippen LogP contribution in [0.2, 0.25) is 0 Å². The molecule has 1 unspecified atom stereocenters. The van der Waals surface area contributed by atoms with Gasteiger partial charge in [0.05, 0.1) is 0 Å². The number of piperazine rings is 1. The average Bonchev–Trinajstić information content (AvgIpc) is 2.27. The SMILES string of the molecule is CCSC(C)CN1CCN(CCC(C)(C)C)CC1. The fraction of sp³-hybridized carbons (Fsp3) is 1.00. The third-order valence-electron chi connectivity index (χ3n) is 3.61. The Morgan fingerprint density at radius 2 is 1.61 bits per heavy atom. The Labute approximate surface area is 118 Å². The number of hydrogen-bond donors (Lipinski definition) is 0. The molecular formula is C15H32N2S. The Morgan fingerprint density at radius 3 is 2.11 bits per heavy atom. The zero-order valence-corrected chi connectivity index (χ0v) is 13.9. The van der Waals surface area contributed by atoms with Crippen LogP contribution in [0.3, 0.4) is 0 Å². The van der Waals surface area contributed by atoms with E-state index in [0.29, 0.717) is 5.41 Å². The van der Waals surface area contributed by atoms with E-state index in [1.807, 2.05) is 0 Å². The molecule has 0 N–H and O–H groups in total. The molecule has 0 radical (unpaired) electrons. The second-order valence-electron chi connectivity index (χ2n) is 6.72. The topological polar surface area (TPSA) is 6.48 Å². The minimum Gasteiger partial charge on any atom is -0.301 e. The number of thioether (sulfide) groups is 1. The largest absolute Gasteiger partial charge is 0.301 e. The molecule has 108 valence electrons. The van der Waals surface area contributed by atoms with Gasteiger partial charge in [-0.2, -0.15) is 11.8 Å². The zero-order valence-electron chi connectivity index (χ0n) is 13.0. The van der Waals surface area contributed by atoms with Crippen LogP contribution in [0.4, 0.5) is 0 Å². The van der Waals surface area contributed by atoms with Crippen LogP contribution in [0.1, 0.15) is 41.0 Å². The highest BCUT2D eigenvalue weighted by Gasteiger charge is 2.20. The predicted molar refractivity (Wildman–Crippen MR) is 84.5 cm³/mol. The van der Waals surface area contributed by atoms with E-state index in [4.69, 9.17) is 0 Å². The summed E-state index contributed by atoms with van der Waals surface area (Å²) >= 11 is 2.08. The lowest BCUT2D eigenvalue weighted by molar-refractivity contribution is 0.122. The number of nitrogens with zero attached hydrogens (tertiary/aromatic N) is 2. The molecule has 1 rings (SSSR count). The van der Waals surface area contributed by atoms with Crippen molar-refractivity contribution >= 4 is 11.8 Å². The van der Waals surface area contributed by atoms with Crippen LogP contribution in [-0.2, 0) is 0 Å². The summed E-state index contributed by atoms with van der Waals surface area (Å²) in [6.07, 6.45) is 1.31. The van der Waals surface area contributed by atoms with Crippen LogP contribution in [0.5, 0.6) is 0 Å². The van der Waals surface area contributed by atoms with E-state index in [-0.39, 0.29) is 0 Å². The van der Waals surface area contributed by atoms with Crippen molar-refractivity contribution in [3.05, 3.63) is 0 Å². The van der Waals surface area contributed by atoms with Gasteiger partial charge < -0.3 is 4.90 Å². The molecule has 0 aliphatic carbocycles. The van der Waals surface area contributed by atoms with Crippen LogP contribution in [0, 0.1) is 5.41 Å². The molecule has 0 amide bonds. The quantitative estimate of drug-likeness (QED) is 0.733. The van der Waals surface area contributed by atoms with Crippen molar-refractivity contribution in [2.75, 3.05) is 45.0 Å². The number of rotatable bonds is 6. The molecule has 1 fully saturated rings. The van der Waals surface area contributed by atoms with E-state index in [1.165, 1.54) is 51.4 Å².